The number of hydrogen-bond acceptors (Lipinski definition) is 3. The van der Waals surface area contributed by atoms with Crippen LogP contribution in [0.3, 0.4) is 0 Å². The Labute approximate surface area is 248 Å². The first-order valence-corrected chi connectivity index (χ1v) is 13.8. The molecule has 0 aliphatic heterocycles. The molecule has 0 fully saturated rings. The van der Waals surface area contributed by atoms with Gasteiger partial charge in [-0.05, 0) is 34.9 Å². The van der Waals surface area contributed by atoms with Crippen molar-refractivity contribution in [3.05, 3.63) is 142 Å². The Hall–Kier alpha value is -4.07. The van der Waals surface area contributed by atoms with Gasteiger partial charge < -0.3 is 9.52 Å². The van der Waals surface area contributed by atoms with Gasteiger partial charge in [0.2, 0.25) is 0 Å². The highest BCUT2D eigenvalue weighted by atomic mass is 35.5. The molecule has 0 aliphatic rings. The summed E-state index contributed by atoms with van der Waals surface area (Å²) in [6.45, 7) is 2.54. The molecule has 0 atom stereocenters. The fraction of sp³-hybridized carbons (Fsp3) is 0.206. The van der Waals surface area contributed by atoms with Crippen molar-refractivity contribution < 1.29 is 27.5 Å². The maximum atomic E-state index is 13.6. The molecule has 0 saturated heterocycles. The average molecular weight is 594 g/mol. The van der Waals surface area contributed by atoms with Gasteiger partial charge in [-0.2, -0.15) is 13.2 Å². The van der Waals surface area contributed by atoms with Gasteiger partial charge in [0.05, 0.1) is 10.6 Å². The first-order chi connectivity index (χ1) is 20.1. The van der Waals surface area contributed by atoms with Crippen LogP contribution in [-0.4, -0.2) is 29.1 Å². The highest BCUT2D eigenvalue weighted by molar-refractivity contribution is 6.32. The van der Waals surface area contributed by atoms with Crippen LogP contribution >= 0.6 is 11.6 Å². The number of hydrogen-bond donors (Lipinski definition) is 1. The van der Waals surface area contributed by atoms with E-state index in [0.717, 1.165) is 40.8 Å². The lowest BCUT2D eigenvalue weighted by molar-refractivity contribution is -0.137. The maximum absolute atomic E-state index is 13.6. The molecule has 0 unspecified atom stereocenters. The standard InChI is InChI=1S/C32H27ClF3NO.C2H4O2/c33-31-26(15-9-16-29(31)32(34,35)36)21-37(19-18-27-20-25-14-7-8-17-30(25)38-27)22-28(23-10-3-1-4-11-23)24-12-5-2-6-13-24;1-2(3)4/h1-17,20,28H,18-19,21-22H2;1H3,(H,3,4). The van der Waals surface area contributed by atoms with Gasteiger partial charge in [-0.25, -0.2) is 0 Å². The van der Waals surface area contributed by atoms with Crippen LogP contribution in [-0.2, 0) is 23.9 Å². The first kappa shape index (κ1) is 30.9. The minimum Gasteiger partial charge on any atom is -0.481 e. The molecule has 0 amide bonds. The van der Waals surface area contributed by atoms with Crippen molar-refractivity contribution in [2.75, 3.05) is 13.1 Å². The Bertz CT molecular complexity index is 1510. The Morgan fingerprint density at radius 1 is 0.881 bits per heavy atom. The van der Waals surface area contributed by atoms with E-state index in [2.05, 4.69) is 29.2 Å². The topological polar surface area (TPSA) is 53.7 Å². The number of furan rings is 1. The summed E-state index contributed by atoms with van der Waals surface area (Å²) in [5.74, 6) is 0.0277. The fourth-order valence-corrected chi connectivity index (χ4v) is 5.15. The zero-order valence-corrected chi connectivity index (χ0v) is 23.8. The predicted molar refractivity (Wildman–Crippen MR) is 160 cm³/mol. The number of benzene rings is 4. The molecule has 1 aromatic heterocycles. The molecule has 0 bridgehead atoms. The van der Waals surface area contributed by atoms with Crippen LogP contribution in [0.1, 0.15) is 40.9 Å². The second-order valence-electron chi connectivity index (χ2n) is 9.91. The highest BCUT2D eigenvalue weighted by Gasteiger charge is 2.34. The van der Waals surface area contributed by atoms with Crippen molar-refractivity contribution in [3.8, 4) is 0 Å². The summed E-state index contributed by atoms with van der Waals surface area (Å²) in [5, 5.41) is 8.20. The minimum absolute atomic E-state index is 0.0256. The molecule has 5 aromatic rings. The SMILES string of the molecule is CC(=O)O.FC(F)(F)c1cccc(CN(CCc2cc3ccccc3o2)CC(c2ccccc2)c2ccccc2)c1Cl. The number of alkyl halides is 3. The van der Waals surface area contributed by atoms with E-state index in [-0.39, 0.29) is 17.5 Å². The lowest BCUT2D eigenvalue weighted by Gasteiger charge is -2.29. The van der Waals surface area contributed by atoms with Crippen LogP contribution in [0.5, 0.6) is 0 Å². The fourth-order valence-electron chi connectivity index (χ4n) is 4.86. The van der Waals surface area contributed by atoms with Gasteiger partial charge in [0.25, 0.3) is 5.97 Å². The number of carboxylic acid groups (broad SMARTS) is 1. The molecule has 0 spiro atoms. The summed E-state index contributed by atoms with van der Waals surface area (Å²) >= 11 is 6.31. The zero-order valence-electron chi connectivity index (χ0n) is 23.0. The van der Waals surface area contributed by atoms with E-state index in [0.29, 0.717) is 25.1 Å². The Morgan fingerprint density at radius 2 is 1.45 bits per heavy atom. The van der Waals surface area contributed by atoms with Crippen molar-refractivity contribution in [2.45, 2.75) is 32.0 Å². The third-order valence-electron chi connectivity index (χ3n) is 6.77. The molecular formula is C34H31ClF3NO3. The Morgan fingerprint density at radius 3 is 2.02 bits per heavy atom. The molecule has 1 heterocycles. The number of carbonyl (C=O) groups is 1. The summed E-state index contributed by atoms with van der Waals surface area (Å²) in [6.07, 6.45) is -3.90. The van der Waals surface area contributed by atoms with Crippen LogP contribution in [0.2, 0.25) is 5.02 Å². The van der Waals surface area contributed by atoms with E-state index in [1.54, 1.807) is 6.07 Å². The van der Waals surface area contributed by atoms with E-state index in [1.807, 2.05) is 66.7 Å². The number of halogens is 4. The summed E-state index contributed by atoms with van der Waals surface area (Å²) in [5.41, 5.74) is 2.74. The first-order valence-electron chi connectivity index (χ1n) is 13.5. The van der Waals surface area contributed by atoms with E-state index >= 15 is 0 Å². The Kier molecular flexibility index (Phi) is 10.4. The van der Waals surface area contributed by atoms with Crippen LogP contribution in [0.4, 0.5) is 13.2 Å². The van der Waals surface area contributed by atoms with E-state index in [4.69, 9.17) is 25.9 Å². The van der Waals surface area contributed by atoms with Gasteiger partial charge in [-0.15, -0.1) is 0 Å². The number of rotatable bonds is 9. The van der Waals surface area contributed by atoms with Crippen LogP contribution < -0.4 is 0 Å². The monoisotopic (exact) mass is 593 g/mol. The van der Waals surface area contributed by atoms with Gasteiger partial charge in [0.1, 0.15) is 11.3 Å². The normalized spacial score (nSPS) is 11.5. The van der Waals surface area contributed by atoms with E-state index in [1.165, 1.54) is 6.07 Å². The van der Waals surface area contributed by atoms with Crippen LogP contribution in [0.25, 0.3) is 11.0 Å². The van der Waals surface area contributed by atoms with E-state index < -0.39 is 17.7 Å². The largest absolute Gasteiger partial charge is 0.481 e. The maximum Gasteiger partial charge on any atom is 0.417 e. The molecule has 42 heavy (non-hydrogen) atoms. The number of para-hydroxylation sites is 1. The van der Waals surface area contributed by atoms with Gasteiger partial charge in [-0.1, -0.05) is 103 Å². The molecular weight excluding hydrogens is 563 g/mol. The van der Waals surface area contributed by atoms with Crippen molar-refractivity contribution >= 4 is 28.5 Å². The summed E-state index contributed by atoms with van der Waals surface area (Å²) in [7, 11) is 0. The third kappa shape index (κ3) is 8.47. The molecule has 5 rings (SSSR count). The zero-order chi connectivity index (χ0) is 30.1. The van der Waals surface area contributed by atoms with Crippen molar-refractivity contribution in [3.63, 3.8) is 0 Å². The summed E-state index contributed by atoms with van der Waals surface area (Å²) in [4.78, 5) is 11.2. The smallest absolute Gasteiger partial charge is 0.417 e. The van der Waals surface area contributed by atoms with Crippen molar-refractivity contribution in [1.82, 2.24) is 4.90 Å². The molecule has 8 heteroatoms. The third-order valence-corrected chi connectivity index (χ3v) is 7.22. The van der Waals surface area contributed by atoms with Crippen molar-refractivity contribution in [1.29, 1.82) is 0 Å². The minimum atomic E-state index is -4.51. The molecule has 0 radical (unpaired) electrons. The number of fused-ring (bicyclic) bond motifs is 1. The molecule has 0 aliphatic carbocycles. The highest BCUT2D eigenvalue weighted by Crippen LogP contribution is 2.37. The van der Waals surface area contributed by atoms with E-state index in [9.17, 15) is 13.2 Å². The number of carboxylic acids is 1. The lowest BCUT2D eigenvalue weighted by atomic mass is 9.90. The lowest BCUT2D eigenvalue weighted by Crippen LogP contribution is -2.31. The summed E-state index contributed by atoms with van der Waals surface area (Å²) < 4.78 is 46.8. The summed E-state index contributed by atoms with van der Waals surface area (Å²) in [6, 6.07) is 34.3. The Balaban J connectivity index is 0.000000952. The van der Waals surface area contributed by atoms with Gasteiger partial charge in [0, 0.05) is 44.3 Å². The quantitative estimate of drug-likeness (QED) is 0.185. The number of nitrogens with zero attached hydrogens (tertiary/aromatic N) is 1. The molecule has 218 valence electrons. The number of aliphatic carboxylic acids is 1. The van der Waals surface area contributed by atoms with Gasteiger partial charge in [-0.3, -0.25) is 9.69 Å². The van der Waals surface area contributed by atoms with Crippen LogP contribution in [0, 0.1) is 0 Å². The molecule has 4 nitrogen and oxygen atoms in total. The molecule has 4 aromatic carbocycles. The second-order valence-corrected chi connectivity index (χ2v) is 10.3. The van der Waals surface area contributed by atoms with Gasteiger partial charge in [0.15, 0.2) is 0 Å². The molecule has 1 N–H and O–H groups in total. The van der Waals surface area contributed by atoms with Crippen molar-refractivity contribution in [2.24, 2.45) is 0 Å². The van der Waals surface area contributed by atoms with Crippen LogP contribution in [0.15, 0.2) is 114 Å². The average Bonchev–Trinajstić information content (AvgIpc) is 3.38. The second kappa shape index (κ2) is 14.2. The predicted octanol–water partition coefficient (Wildman–Crippen LogP) is 9.07. The molecule has 0 saturated carbocycles. The van der Waals surface area contributed by atoms with Gasteiger partial charge >= 0.3 is 6.18 Å².